The zero-order valence-corrected chi connectivity index (χ0v) is 19.8. The van der Waals surface area contributed by atoms with Crippen molar-refractivity contribution in [2.24, 2.45) is 0 Å². The summed E-state index contributed by atoms with van der Waals surface area (Å²) in [6.07, 6.45) is -2.12. The molecule has 13 nitrogen and oxygen atoms in total. The van der Waals surface area contributed by atoms with Crippen LogP contribution in [0.5, 0.6) is 23.0 Å². The number of nitrogens with one attached hydrogen (secondary N) is 1. The Balaban J connectivity index is 1.24. The van der Waals surface area contributed by atoms with E-state index in [-0.39, 0.29) is 30.5 Å². The third kappa shape index (κ3) is 6.96. The molecule has 2 unspecified atom stereocenters. The van der Waals surface area contributed by atoms with Crippen molar-refractivity contribution in [3.63, 3.8) is 0 Å². The highest BCUT2D eigenvalue weighted by Crippen LogP contribution is 2.21. The van der Waals surface area contributed by atoms with Crippen molar-refractivity contribution in [1.29, 1.82) is 0 Å². The lowest BCUT2D eigenvalue weighted by atomic mass is 10.3. The lowest BCUT2D eigenvalue weighted by Crippen LogP contribution is -2.30. The van der Waals surface area contributed by atoms with Crippen molar-refractivity contribution in [2.45, 2.75) is 12.5 Å². The van der Waals surface area contributed by atoms with Crippen LogP contribution in [-0.4, -0.2) is 55.5 Å². The predicted molar refractivity (Wildman–Crippen MR) is 126 cm³/mol. The molecule has 3 aromatic rings. The lowest BCUT2D eigenvalue weighted by molar-refractivity contribution is -0.105. The Hall–Kier alpha value is -4.62. The van der Waals surface area contributed by atoms with Gasteiger partial charge in [0.25, 0.3) is 0 Å². The summed E-state index contributed by atoms with van der Waals surface area (Å²) in [5.74, 6) is 1.76. The molecule has 0 spiro atoms. The molecule has 1 aliphatic rings. The monoisotopic (exact) mass is 513 g/mol. The molecule has 0 bridgehead atoms. The van der Waals surface area contributed by atoms with E-state index in [2.05, 4.69) is 10.3 Å². The summed E-state index contributed by atoms with van der Waals surface area (Å²) in [5, 5.41) is 2.38. The van der Waals surface area contributed by atoms with E-state index in [0.29, 0.717) is 11.5 Å². The third-order valence-corrected chi connectivity index (χ3v) is 4.97. The average Bonchev–Trinajstić information content (AvgIpc) is 3.37. The van der Waals surface area contributed by atoms with Crippen molar-refractivity contribution in [1.82, 2.24) is 9.55 Å². The summed E-state index contributed by atoms with van der Waals surface area (Å²) in [6, 6.07) is 14.1. The molecule has 37 heavy (non-hydrogen) atoms. The Labute approximate surface area is 210 Å². The van der Waals surface area contributed by atoms with E-state index in [1.165, 1.54) is 31.0 Å². The summed E-state index contributed by atoms with van der Waals surface area (Å²) in [4.78, 5) is 40.3. The Kier molecular flexibility index (Phi) is 8.18. The Bertz CT molecular complexity index is 1280. The number of aromatic nitrogens is 2. The number of nitrogens with zero attached hydrogens (tertiary/aromatic N) is 2. The predicted octanol–water partition coefficient (Wildman–Crippen LogP) is 2.96. The first-order valence-electron chi connectivity index (χ1n) is 10.9. The number of ether oxygens (including phenoxy) is 7. The number of hydrogen-bond acceptors (Lipinski definition) is 11. The van der Waals surface area contributed by atoms with Crippen LogP contribution in [0.2, 0.25) is 0 Å². The molecule has 0 aliphatic carbocycles. The van der Waals surface area contributed by atoms with Crippen molar-refractivity contribution in [3.8, 4) is 23.0 Å². The van der Waals surface area contributed by atoms with E-state index in [1.54, 1.807) is 48.5 Å². The summed E-state index contributed by atoms with van der Waals surface area (Å²) in [7, 11) is 3.05. The van der Waals surface area contributed by atoms with Gasteiger partial charge in [-0.3, -0.25) is 9.88 Å². The van der Waals surface area contributed by atoms with Gasteiger partial charge >= 0.3 is 17.9 Å². The van der Waals surface area contributed by atoms with Gasteiger partial charge < -0.3 is 33.2 Å². The fraction of sp³-hybridized carbons (Fsp3) is 0.250. The second kappa shape index (κ2) is 11.9. The topological polar surface area (TPSA) is 146 Å². The highest BCUT2D eigenvalue weighted by atomic mass is 16.8. The summed E-state index contributed by atoms with van der Waals surface area (Å²) < 4.78 is 37.5. The van der Waals surface area contributed by atoms with E-state index in [1.807, 2.05) is 0 Å². The Morgan fingerprint density at radius 3 is 2.14 bits per heavy atom. The van der Waals surface area contributed by atoms with Gasteiger partial charge in [-0.2, -0.15) is 4.98 Å². The van der Waals surface area contributed by atoms with Crippen molar-refractivity contribution in [3.05, 3.63) is 71.3 Å². The van der Waals surface area contributed by atoms with Gasteiger partial charge in [-0.15, -0.1) is 0 Å². The SMILES string of the molecule is COc1ccc(OC(=O)Nc2ccn(C3COC(COC(=O)Oc4ccc(OC)cc4)O3)c(=O)n2)cc1. The summed E-state index contributed by atoms with van der Waals surface area (Å²) in [6.45, 7) is -0.250. The smallest absolute Gasteiger partial charge is 0.497 e. The fourth-order valence-corrected chi connectivity index (χ4v) is 3.16. The molecule has 4 rings (SSSR count). The maximum atomic E-state index is 12.5. The molecular formula is C24H23N3O10. The zero-order chi connectivity index (χ0) is 26.2. The van der Waals surface area contributed by atoms with Crippen LogP contribution >= 0.6 is 0 Å². The van der Waals surface area contributed by atoms with E-state index >= 15 is 0 Å². The van der Waals surface area contributed by atoms with Gasteiger partial charge in [0.1, 0.15) is 35.4 Å². The van der Waals surface area contributed by atoms with E-state index < -0.39 is 30.5 Å². The molecule has 1 N–H and O–H groups in total. The fourth-order valence-electron chi connectivity index (χ4n) is 3.16. The number of hydrogen-bond donors (Lipinski definition) is 1. The van der Waals surface area contributed by atoms with Crippen molar-refractivity contribution >= 4 is 18.1 Å². The Morgan fingerprint density at radius 1 is 0.946 bits per heavy atom. The van der Waals surface area contributed by atoms with E-state index in [9.17, 15) is 14.4 Å². The molecule has 1 aliphatic heterocycles. The van der Waals surface area contributed by atoms with Gasteiger partial charge in [0.2, 0.25) is 0 Å². The molecule has 1 saturated heterocycles. The number of methoxy groups -OCH3 is 2. The minimum absolute atomic E-state index is 0.00935. The first-order chi connectivity index (χ1) is 17.9. The standard InChI is InChI=1S/C24H23N3O10/c1-31-15-3-7-17(8-4-15)35-23(29)26-19-11-12-27(22(28)25-19)20-13-33-21(37-20)14-34-24(30)36-18-9-5-16(32-2)6-10-18/h3-12,20-21H,13-14H2,1-2H3,(H,25,26,28,29). The van der Waals surface area contributed by atoms with Crippen LogP contribution in [0.1, 0.15) is 6.23 Å². The first kappa shape index (κ1) is 25.5. The van der Waals surface area contributed by atoms with Crippen LogP contribution in [0, 0.1) is 0 Å². The maximum absolute atomic E-state index is 12.5. The second-order valence-electron chi connectivity index (χ2n) is 7.38. The number of carbonyl (C=O) groups is 2. The molecule has 13 heteroatoms. The minimum atomic E-state index is -0.948. The number of carbonyl (C=O) groups excluding carboxylic acids is 2. The number of benzene rings is 2. The van der Waals surface area contributed by atoms with Gasteiger partial charge in [-0.25, -0.2) is 14.4 Å². The lowest BCUT2D eigenvalue weighted by Gasteiger charge is -2.14. The molecule has 1 fully saturated rings. The molecule has 2 atom stereocenters. The number of amides is 1. The quantitative estimate of drug-likeness (QED) is 0.350. The van der Waals surface area contributed by atoms with Gasteiger partial charge in [-0.1, -0.05) is 0 Å². The third-order valence-electron chi connectivity index (χ3n) is 4.97. The highest BCUT2D eigenvalue weighted by Gasteiger charge is 2.29. The first-order valence-corrected chi connectivity index (χ1v) is 10.9. The summed E-state index contributed by atoms with van der Waals surface area (Å²) >= 11 is 0. The normalized spacial score (nSPS) is 16.5. The maximum Gasteiger partial charge on any atom is 0.514 e. The van der Waals surface area contributed by atoms with E-state index in [0.717, 1.165) is 0 Å². The summed E-state index contributed by atoms with van der Waals surface area (Å²) in [5.41, 5.74) is -0.698. The van der Waals surface area contributed by atoms with Crippen LogP contribution < -0.4 is 30.0 Å². The van der Waals surface area contributed by atoms with Gasteiger partial charge in [0.15, 0.2) is 12.5 Å². The number of anilines is 1. The second-order valence-corrected chi connectivity index (χ2v) is 7.38. The van der Waals surface area contributed by atoms with Crippen LogP contribution in [0.4, 0.5) is 15.4 Å². The Morgan fingerprint density at radius 2 is 1.54 bits per heavy atom. The molecule has 0 saturated carbocycles. The molecule has 2 aromatic carbocycles. The van der Waals surface area contributed by atoms with Crippen LogP contribution in [0.15, 0.2) is 65.6 Å². The minimum Gasteiger partial charge on any atom is -0.497 e. The van der Waals surface area contributed by atoms with Crippen LogP contribution in [-0.2, 0) is 14.2 Å². The van der Waals surface area contributed by atoms with Crippen molar-refractivity contribution < 1.29 is 42.7 Å². The molecule has 0 radical (unpaired) electrons. The average molecular weight is 513 g/mol. The largest absolute Gasteiger partial charge is 0.514 e. The molecule has 1 amide bonds. The molecule has 2 heterocycles. The van der Waals surface area contributed by atoms with Gasteiger partial charge in [0, 0.05) is 6.20 Å². The van der Waals surface area contributed by atoms with Crippen molar-refractivity contribution in [2.75, 3.05) is 32.8 Å². The van der Waals surface area contributed by atoms with E-state index in [4.69, 9.17) is 33.2 Å². The highest BCUT2D eigenvalue weighted by molar-refractivity contribution is 5.84. The molecule has 194 valence electrons. The molecular weight excluding hydrogens is 490 g/mol. The van der Waals surface area contributed by atoms with Gasteiger partial charge in [0.05, 0.1) is 20.8 Å². The van der Waals surface area contributed by atoms with Crippen LogP contribution in [0.25, 0.3) is 0 Å². The molecule has 1 aromatic heterocycles. The van der Waals surface area contributed by atoms with Crippen LogP contribution in [0.3, 0.4) is 0 Å². The number of rotatable bonds is 8. The zero-order valence-electron chi connectivity index (χ0n) is 19.8. The van der Waals surface area contributed by atoms with Gasteiger partial charge in [-0.05, 0) is 54.6 Å².